The molecule has 1 fully saturated rings. The van der Waals surface area contributed by atoms with Gasteiger partial charge >= 0.3 is 0 Å². The molecule has 1 aliphatic heterocycles. The zero-order valence-electron chi connectivity index (χ0n) is 13.1. The van der Waals surface area contributed by atoms with Gasteiger partial charge in [-0.15, -0.1) is 0 Å². The number of epoxide rings is 1. The van der Waals surface area contributed by atoms with Crippen LogP contribution in [-0.4, -0.2) is 12.7 Å². The molecule has 2 rings (SSSR count). The summed E-state index contributed by atoms with van der Waals surface area (Å²) in [4.78, 5) is 0. The first kappa shape index (κ1) is 15.6. The van der Waals surface area contributed by atoms with Crippen molar-refractivity contribution in [3.63, 3.8) is 0 Å². The van der Waals surface area contributed by atoms with Crippen molar-refractivity contribution in [1.82, 2.24) is 0 Å². The van der Waals surface area contributed by atoms with Gasteiger partial charge in [0.15, 0.2) is 0 Å². The zero-order valence-corrected chi connectivity index (χ0v) is 13.1. The van der Waals surface area contributed by atoms with Gasteiger partial charge in [0.2, 0.25) is 0 Å². The number of hydrogen-bond acceptors (Lipinski definition) is 1. The van der Waals surface area contributed by atoms with Crippen molar-refractivity contribution in [1.29, 1.82) is 0 Å². The highest BCUT2D eigenvalue weighted by molar-refractivity contribution is 5.28. The van der Waals surface area contributed by atoms with Gasteiger partial charge in [-0.2, -0.15) is 0 Å². The standard InChI is InChI=1S/C19H30O/c1-2-3-4-5-6-7-8-9-12-17-13-10-11-14-18(17)15-19-16-20-19/h10-11,13-14,19H,2-9,12,15-16H2,1H3. The highest BCUT2D eigenvalue weighted by Gasteiger charge is 2.23. The van der Waals surface area contributed by atoms with Crippen LogP contribution in [0.2, 0.25) is 0 Å². The van der Waals surface area contributed by atoms with Gasteiger partial charge in [-0.1, -0.05) is 76.1 Å². The summed E-state index contributed by atoms with van der Waals surface area (Å²) >= 11 is 0. The molecule has 0 aromatic heterocycles. The summed E-state index contributed by atoms with van der Waals surface area (Å²) in [5.41, 5.74) is 3.06. The maximum atomic E-state index is 5.36. The molecule has 1 heterocycles. The predicted octanol–water partition coefficient (Wildman–Crippen LogP) is 5.31. The van der Waals surface area contributed by atoms with Crippen LogP contribution in [-0.2, 0) is 17.6 Å². The Morgan fingerprint density at radius 2 is 1.50 bits per heavy atom. The Hall–Kier alpha value is -0.820. The van der Waals surface area contributed by atoms with Crippen molar-refractivity contribution in [3.8, 4) is 0 Å². The molecule has 0 radical (unpaired) electrons. The third kappa shape index (κ3) is 6.09. The third-order valence-electron chi connectivity index (χ3n) is 4.27. The van der Waals surface area contributed by atoms with Gasteiger partial charge in [0.25, 0.3) is 0 Å². The molecule has 0 bridgehead atoms. The largest absolute Gasteiger partial charge is 0.373 e. The molecule has 0 aliphatic carbocycles. The molecule has 0 saturated carbocycles. The Kier molecular flexibility index (Phi) is 7.14. The van der Waals surface area contributed by atoms with Crippen LogP contribution in [0, 0.1) is 0 Å². The number of rotatable bonds is 11. The van der Waals surface area contributed by atoms with E-state index in [1.165, 1.54) is 63.4 Å². The summed E-state index contributed by atoms with van der Waals surface area (Å²) in [6.45, 7) is 3.25. The van der Waals surface area contributed by atoms with E-state index < -0.39 is 0 Å². The fraction of sp³-hybridized carbons (Fsp3) is 0.684. The van der Waals surface area contributed by atoms with Crippen molar-refractivity contribution < 1.29 is 4.74 Å². The van der Waals surface area contributed by atoms with Crippen molar-refractivity contribution in [2.75, 3.05) is 6.61 Å². The Morgan fingerprint density at radius 3 is 2.15 bits per heavy atom. The summed E-state index contributed by atoms with van der Waals surface area (Å²) in [5.74, 6) is 0. The highest BCUT2D eigenvalue weighted by atomic mass is 16.6. The monoisotopic (exact) mass is 274 g/mol. The van der Waals surface area contributed by atoms with E-state index in [0.717, 1.165) is 13.0 Å². The average Bonchev–Trinajstić information content (AvgIpc) is 3.27. The minimum Gasteiger partial charge on any atom is -0.373 e. The number of hydrogen-bond donors (Lipinski definition) is 0. The van der Waals surface area contributed by atoms with Gasteiger partial charge in [-0.05, 0) is 24.0 Å². The van der Waals surface area contributed by atoms with Crippen LogP contribution in [0.1, 0.15) is 69.4 Å². The maximum absolute atomic E-state index is 5.36. The smallest absolute Gasteiger partial charge is 0.0850 e. The van der Waals surface area contributed by atoms with E-state index in [4.69, 9.17) is 4.74 Å². The van der Waals surface area contributed by atoms with Crippen LogP contribution in [0.15, 0.2) is 24.3 Å². The third-order valence-corrected chi connectivity index (χ3v) is 4.27. The summed E-state index contributed by atoms with van der Waals surface area (Å²) in [5, 5.41) is 0. The predicted molar refractivity (Wildman–Crippen MR) is 86.2 cm³/mol. The molecule has 1 aromatic rings. The fourth-order valence-electron chi connectivity index (χ4n) is 2.88. The lowest BCUT2D eigenvalue weighted by molar-refractivity contribution is 0.407. The Labute approximate surface area is 124 Å². The van der Waals surface area contributed by atoms with Gasteiger partial charge in [-0.25, -0.2) is 0 Å². The van der Waals surface area contributed by atoms with Crippen molar-refractivity contribution >= 4 is 0 Å². The number of ether oxygens (including phenoxy) is 1. The Balaban J connectivity index is 1.59. The van der Waals surface area contributed by atoms with Gasteiger partial charge in [0, 0.05) is 6.42 Å². The zero-order chi connectivity index (χ0) is 14.0. The van der Waals surface area contributed by atoms with Crippen LogP contribution in [0.5, 0.6) is 0 Å². The molecule has 1 aromatic carbocycles. The minimum atomic E-state index is 0.509. The van der Waals surface area contributed by atoms with E-state index >= 15 is 0 Å². The van der Waals surface area contributed by atoms with Gasteiger partial charge in [-0.3, -0.25) is 0 Å². The number of aryl methyl sites for hydroxylation is 1. The molecule has 1 aliphatic rings. The molecular formula is C19H30O. The normalized spacial score (nSPS) is 17.4. The molecule has 1 saturated heterocycles. The van der Waals surface area contributed by atoms with Crippen LogP contribution in [0.4, 0.5) is 0 Å². The molecule has 1 atom stereocenters. The van der Waals surface area contributed by atoms with E-state index in [1.807, 2.05) is 0 Å². The van der Waals surface area contributed by atoms with Crippen LogP contribution >= 0.6 is 0 Å². The lowest BCUT2D eigenvalue weighted by atomic mass is 9.97. The summed E-state index contributed by atoms with van der Waals surface area (Å²) in [6.07, 6.45) is 14.1. The van der Waals surface area contributed by atoms with Crippen molar-refractivity contribution in [2.24, 2.45) is 0 Å². The molecule has 0 amide bonds. The van der Waals surface area contributed by atoms with Crippen molar-refractivity contribution in [3.05, 3.63) is 35.4 Å². The second-order valence-corrected chi connectivity index (χ2v) is 6.15. The minimum absolute atomic E-state index is 0.509. The SMILES string of the molecule is CCCCCCCCCCc1ccccc1CC1CO1. The molecule has 0 N–H and O–H groups in total. The molecule has 20 heavy (non-hydrogen) atoms. The van der Waals surface area contributed by atoms with Crippen LogP contribution in [0.3, 0.4) is 0 Å². The van der Waals surface area contributed by atoms with Crippen LogP contribution < -0.4 is 0 Å². The lowest BCUT2D eigenvalue weighted by Gasteiger charge is -2.08. The maximum Gasteiger partial charge on any atom is 0.0850 e. The average molecular weight is 274 g/mol. The highest BCUT2D eigenvalue weighted by Crippen LogP contribution is 2.21. The van der Waals surface area contributed by atoms with E-state index in [1.54, 1.807) is 5.56 Å². The number of unbranched alkanes of at least 4 members (excludes halogenated alkanes) is 7. The van der Waals surface area contributed by atoms with E-state index in [2.05, 4.69) is 31.2 Å². The first-order valence-electron chi connectivity index (χ1n) is 8.58. The van der Waals surface area contributed by atoms with E-state index in [9.17, 15) is 0 Å². The number of benzene rings is 1. The molecule has 112 valence electrons. The first-order valence-corrected chi connectivity index (χ1v) is 8.58. The topological polar surface area (TPSA) is 12.5 Å². The quantitative estimate of drug-likeness (QED) is 0.393. The molecular weight excluding hydrogens is 244 g/mol. The van der Waals surface area contributed by atoms with Gasteiger partial charge in [0.05, 0.1) is 12.7 Å². The fourth-order valence-corrected chi connectivity index (χ4v) is 2.88. The second kappa shape index (κ2) is 9.18. The van der Waals surface area contributed by atoms with Crippen LogP contribution in [0.25, 0.3) is 0 Å². The molecule has 0 spiro atoms. The van der Waals surface area contributed by atoms with E-state index in [0.29, 0.717) is 6.10 Å². The molecule has 1 nitrogen and oxygen atoms in total. The summed E-state index contributed by atoms with van der Waals surface area (Å²) in [7, 11) is 0. The van der Waals surface area contributed by atoms with Crippen molar-refractivity contribution in [2.45, 2.75) is 77.2 Å². The summed E-state index contributed by atoms with van der Waals surface area (Å²) in [6, 6.07) is 8.92. The molecule has 1 unspecified atom stereocenters. The van der Waals surface area contributed by atoms with Gasteiger partial charge < -0.3 is 4.74 Å². The Bertz CT molecular complexity index is 368. The summed E-state index contributed by atoms with van der Waals surface area (Å²) < 4.78 is 5.36. The lowest BCUT2D eigenvalue weighted by Crippen LogP contribution is -1.99. The second-order valence-electron chi connectivity index (χ2n) is 6.15. The van der Waals surface area contributed by atoms with E-state index in [-0.39, 0.29) is 0 Å². The van der Waals surface area contributed by atoms with Gasteiger partial charge in [0.1, 0.15) is 0 Å². The Morgan fingerprint density at radius 1 is 0.900 bits per heavy atom. The molecule has 1 heteroatoms. The first-order chi connectivity index (χ1) is 9.90.